The van der Waals surface area contributed by atoms with Crippen LogP contribution in [-0.2, 0) is 12.8 Å². The van der Waals surface area contributed by atoms with Gasteiger partial charge in [-0.1, -0.05) is 18.2 Å². The second-order valence-corrected chi connectivity index (χ2v) is 5.01. The minimum atomic E-state index is 0.242. The summed E-state index contributed by atoms with van der Waals surface area (Å²) in [5.41, 5.74) is 3.56. The number of phenolic OH excluding ortho intramolecular Hbond substituents is 2. The predicted molar refractivity (Wildman–Crippen MR) is 74.4 cm³/mol. The first kappa shape index (κ1) is 12.1. The molecule has 0 saturated carbocycles. The molecule has 0 amide bonds. The maximum absolute atomic E-state index is 9.55. The molecule has 3 nitrogen and oxygen atoms in total. The van der Waals surface area contributed by atoms with Gasteiger partial charge in [-0.15, -0.1) is 0 Å². The van der Waals surface area contributed by atoms with Crippen LogP contribution in [0, 0.1) is 0 Å². The lowest BCUT2D eigenvalue weighted by Crippen LogP contribution is -2.31. The summed E-state index contributed by atoms with van der Waals surface area (Å²) >= 11 is 0. The topological polar surface area (TPSA) is 52.5 Å². The first-order valence-corrected chi connectivity index (χ1v) is 6.55. The fourth-order valence-corrected chi connectivity index (χ4v) is 2.74. The molecule has 3 N–H and O–H groups in total. The lowest BCUT2D eigenvalue weighted by molar-refractivity contribution is 0.465. The number of phenols is 2. The van der Waals surface area contributed by atoms with E-state index in [1.165, 1.54) is 11.1 Å². The normalized spacial score (nSPS) is 18.0. The highest BCUT2D eigenvalue weighted by Crippen LogP contribution is 2.29. The van der Waals surface area contributed by atoms with Crippen LogP contribution in [0.2, 0.25) is 0 Å². The largest absolute Gasteiger partial charge is 0.508 e. The van der Waals surface area contributed by atoms with Gasteiger partial charge in [-0.05, 0) is 60.3 Å². The highest BCUT2D eigenvalue weighted by molar-refractivity contribution is 5.39. The van der Waals surface area contributed by atoms with E-state index in [0.717, 1.165) is 24.9 Å². The van der Waals surface area contributed by atoms with Crippen molar-refractivity contribution < 1.29 is 10.2 Å². The number of nitrogens with one attached hydrogen (secondary N) is 1. The van der Waals surface area contributed by atoms with Crippen molar-refractivity contribution in [2.24, 2.45) is 0 Å². The fourth-order valence-electron chi connectivity index (χ4n) is 2.74. The fraction of sp³-hybridized carbons (Fsp3) is 0.250. The molecule has 98 valence electrons. The monoisotopic (exact) mass is 255 g/mol. The Morgan fingerprint density at radius 3 is 2.74 bits per heavy atom. The van der Waals surface area contributed by atoms with Crippen molar-refractivity contribution in [3.63, 3.8) is 0 Å². The van der Waals surface area contributed by atoms with Crippen LogP contribution >= 0.6 is 0 Å². The quantitative estimate of drug-likeness (QED) is 0.773. The van der Waals surface area contributed by atoms with Crippen LogP contribution in [0.25, 0.3) is 0 Å². The molecule has 0 bridgehead atoms. The van der Waals surface area contributed by atoms with Gasteiger partial charge in [0, 0.05) is 6.04 Å². The van der Waals surface area contributed by atoms with Crippen LogP contribution in [0.5, 0.6) is 11.5 Å². The Hall–Kier alpha value is -2.00. The third-order valence-corrected chi connectivity index (χ3v) is 3.64. The second-order valence-electron chi connectivity index (χ2n) is 5.01. The second kappa shape index (κ2) is 4.94. The zero-order chi connectivity index (χ0) is 13.2. The average molecular weight is 255 g/mol. The minimum absolute atomic E-state index is 0.242. The first-order chi connectivity index (χ1) is 9.22. The van der Waals surface area contributed by atoms with E-state index in [2.05, 4.69) is 5.32 Å². The van der Waals surface area contributed by atoms with Gasteiger partial charge >= 0.3 is 0 Å². The zero-order valence-corrected chi connectivity index (χ0v) is 10.6. The zero-order valence-electron chi connectivity index (χ0n) is 10.6. The average Bonchev–Trinajstić information content (AvgIpc) is 2.38. The van der Waals surface area contributed by atoms with Crippen LogP contribution in [0.3, 0.4) is 0 Å². The summed E-state index contributed by atoms with van der Waals surface area (Å²) in [5, 5.41) is 22.6. The minimum Gasteiger partial charge on any atom is -0.508 e. The SMILES string of the molecule is Oc1cccc(CC2NCCc3cc(O)ccc32)c1. The molecule has 0 aromatic heterocycles. The van der Waals surface area contributed by atoms with E-state index in [4.69, 9.17) is 0 Å². The third kappa shape index (κ3) is 2.56. The van der Waals surface area contributed by atoms with Crippen molar-refractivity contribution >= 4 is 0 Å². The van der Waals surface area contributed by atoms with Gasteiger partial charge in [0.15, 0.2) is 0 Å². The van der Waals surface area contributed by atoms with Crippen LogP contribution in [0.15, 0.2) is 42.5 Å². The Balaban J connectivity index is 1.87. The van der Waals surface area contributed by atoms with Gasteiger partial charge in [-0.2, -0.15) is 0 Å². The molecule has 1 aliphatic heterocycles. The first-order valence-electron chi connectivity index (χ1n) is 6.55. The molecular weight excluding hydrogens is 238 g/mol. The van der Waals surface area contributed by atoms with Gasteiger partial charge in [-0.3, -0.25) is 0 Å². The molecule has 1 aliphatic rings. The summed E-state index contributed by atoms with van der Waals surface area (Å²) in [6.45, 7) is 0.917. The Morgan fingerprint density at radius 2 is 1.89 bits per heavy atom. The van der Waals surface area contributed by atoms with E-state index in [0.29, 0.717) is 11.5 Å². The molecule has 0 aliphatic carbocycles. The van der Waals surface area contributed by atoms with E-state index in [1.807, 2.05) is 24.3 Å². The molecule has 0 saturated heterocycles. The van der Waals surface area contributed by atoms with Gasteiger partial charge < -0.3 is 15.5 Å². The molecule has 1 atom stereocenters. The molecular formula is C16H17NO2. The Labute approximate surface area is 112 Å². The lowest BCUT2D eigenvalue weighted by atomic mass is 9.90. The van der Waals surface area contributed by atoms with E-state index >= 15 is 0 Å². The van der Waals surface area contributed by atoms with Gasteiger partial charge in [0.1, 0.15) is 11.5 Å². The summed E-state index contributed by atoms with van der Waals surface area (Å²) in [6, 6.07) is 13.2. The van der Waals surface area contributed by atoms with Gasteiger partial charge in [0.2, 0.25) is 0 Å². The molecule has 0 radical (unpaired) electrons. The van der Waals surface area contributed by atoms with Crippen LogP contribution in [-0.4, -0.2) is 16.8 Å². The molecule has 2 aromatic rings. The molecule has 0 spiro atoms. The molecule has 1 heterocycles. The number of hydrogen-bond acceptors (Lipinski definition) is 3. The molecule has 19 heavy (non-hydrogen) atoms. The maximum atomic E-state index is 9.55. The molecule has 1 unspecified atom stereocenters. The number of fused-ring (bicyclic) bond motifs is 1. The molecule has 0 fully saturated rings. The summed E-state index contributed by atoms with van der Waals surface area (Å²) in [4.78, 5) is 0. The van der Waals surface area contributed by atoms with Crippen molar-refractivity contribution in [1.29, 1.82) is 0 Å². The summed E-state index contributed by atoms with van der Waals surface area (Å²) in [5.74, 6) is 0.635. The van der Waals surface area contributed by atoms with E-state index < -0.39 is 0 Å². The summed E-state index contributed by atoms with van der Waals surface area (Å²) in [6.07, 6.45) is 1.78. The highest BCUT2D eigenvalue weighted by atomic mass is 16.3. The predicted octanol–water partition coefficient (Wildman–Crippen LogP) is 2.53. The van der Waals surface area contributed by atoms with Crippen LogP contribution in [0.1, 0.15) is 22.7 Å². The molecule has 3 rings (SSSR count). The Bertz CT molecular complexity index is 595. The number of aromatic hydroxyl groups is 2. The Morgan fingerprint density at radius 1 is 1.05 bits per heavy atom. The number of rotatable bonds is 2. The third-order valence-electron chi connectivity index (χ3n) is 3.64. The van der Waals surface area contributed by atoms with Crippen LogP contribution < -0.4 is 5.32 Å². The number of hydrogen-bond donors (Lipinski definition) is 3. The smallest absolute Gasteiger partial charge is 0.115 e. The van der Waals surface area contributed by atoms with E-state index in [1.54, 1.807) is 18.2 Å². The van der Waals surface area contributed by atoms with E-state index in [9.17, 15) is 10.2 Å². The highest BCUT2D eigenvalue weighted by Gasteiger charge is 2.20. The van der Waals surface area contributed by atoms with Crippen LogP contribution in [0.4, 0.5) is 0 Å². The van der Waals surface area contributed by atoms with Crippen molar-refractivity contribution in [2.45, 2.75) is 18.9 Å². The van der Waals surface area contributed by atoms with Crippen molar-refractivity contribution in [3.8, 4) is 11.5 Å². The van der Waals surface area contributed by atoms with Gasteiger partial charge in [0.25, 0.3) is 0 Å². The summed E-state index contributed by atoms with van der Waals surface area (Å²) < 4.78 is 0. The van der Waals surface area contributed by atoms with Crippen molar-refractivity contribution in [3.05, 3.63) is 59.2 Å². The standard InChI is InChI=1S/C16H17NO2/c18-13-3-1-2-11(8-13)9-16-15-5-4-14(19)10-12(15)6-7-17-16/h1-5,8,10,16-19H,6-7,9H2. The maximum Gasteiger partial charge on any atom is 0.115 e. The van der Waals surface area contributed by atoms with Crippen molar-refractivity contribution in [1.82, 2.24) is 5.32 Å². The lowest BCUT2D eigenvalue weighted by Gasteiger charge is -2.27. The molecule has 3 heteroatoms. The Kier molecular flexibility index (Phi) is 3.13. The van der Waals surface area contributed by atoms with E-state index in [-0.39, 0.29) is 6.04 Å². The van der Waals surface area contributed by atoms with Crippen molar-refractivity contribution in [2.75, 3.05) is 6.54 Å². The molecule has 2 aromatic carbocycles. The number of benzene rings is 2. The van der Waals surface area contributed by atoms with Gasteiger partial charge in [-0.25, -0.2) is 0 Å². The van der Waals surface area contributed by atoms with Gasteiger partial charge in [0.05, 0.1) is 0 Å². The summed E-state index contributed by atoms with van der Waals surface area (Å²) in [7, 11) is 0.